The minimum absolute atomic E-state index is 0. The Balaban J connectivity index is 0. The third kappa shape index (κ3) is 7.13. The first kappa shape index (κ1) is 21.0. The minimum Gasteiger partial charge on any atom is -0.338 e. The number of nitrogens with two attached hydrogens (primary N) is 1. The monoisotopic (exact) mass is 314 g/mol. The Labute approximate surface area is 123 Å². The van der Waals surface area contributed by atoms with Gasteiger partial charge in [0.25, 0.3) is 0 Å². The SMILES string of the molecule is CCCC(N)C(=O)N(CC)C(C)CS(=O)(=O)CC.Cl. The van der Waals surface area contributed by atoms with E-state index in [9.17, 15) is 13.2 Å². The quantitative estimate of drug-likeness (QED) is 0.730. The lowest BCUT2D eigenvalue weighted by atomic mass is 10.1. The standard InChI is InChI=1S/C12H26N2O3S.ClH/c1-5-8-11(13)12(15)14(6-2)10(4)9-18(16,17)7-3;/h10-11H,5-9,13H2,1-4H3;1H. The fourth-order valence-electron chi connectivity index (χ4n) is 1.91. The second-order valence-corrected chi connectivity index (χ2v) is 6.97. The molecule has 0 aliphatic rings. The van der Waals surface area contributed by atoms with Crippen molar-refractivity contribution in [2.45, 2.75) is 52.6 Å². The predicted octanol–water partition coefficient (Wildman–Crippen LogP) is 1.21. The molecule has 0 heterocycles. The predicted molar refractivity (Wildman–Crippen MR) is 81.3 cm³/mol. The molecule has 0 aromatic heterocycles. The van der Waals surface area contributed by atoms with Crippen molar-refractivity contribution in [3.8, 4) is 0 Å². The largest absolute Gasteiger partial charge is 0.338 e. The molecular formula is C12H27ClN2O3S. The highest BCUT2D eigenvalue weighted by Gasteiger charge is 2.26. The molecule has 7 heteroatoms. The summed E-state index contributed by atoms with van der Waals surface area (Å²) < 4.78 is 23.2. The Kier molecular flexibility index (Phi) is 10.5. The molecule has 0 aromatic rings. The van der Waals surface area contributed by atoms with Gasteiger partial charge >= 0.3 is 0 Å². The molecule has 0 aromatic carbocycles. The number of rotatable bonds is 8. The van der Waals surface area contributed by atoms with Crippen molar-refractivity contribution < 1.29 is 13.2 Å². The van der Waals surface area contributed by atoms with Crippen molar-refractivity contribution in [1.82, 2.24) is 4.90 Å². The molecule has 0 saturated carbocycles. The van der Waals surface area contributed by atoms with E-state index in [1.165, 1.54) is 0 Å². The molecule has 2 N–H and O–H groups in total. The molecule has 0 rings (SSSR count). The number of carbonyl (C=O) groups is 1. The van der Waals surface area contributed by atoms with Gasteiger partial charge in [-0.2, -0.15) is 0 Å². The Morgan fingerprint density at radius 1 is 1.26 bits per heavy atom. The molecule has 0 radical (unpaired) electrons. The van der Waals surface area contributed by atoms with Crippen LogP contribution in [0.2, 0.25) is 0 Å². The molecule has 0 saturated heterocycles. The topological polar surface area (TPSA) is 80.5 Å². The highest BCUT2D eigenvalue weighted by molar-refractivity contribution is 7.91. The number of sulfone groups is 1. The summed E-state index contributed by atoms with van der Waals surface area (Å²) >= 11 is 0. The minimum atomic E-state index is -3.08. The maximum absolute atomic E-state index is 12.1. The molecule has 2 atom stereocenters. The van der Waals surface area contributed by atoms with Crippen molar-refractivity contribution in [2.24, 2.45) is 5.73 Å². The highest BCUT2D eigenvalue weighted by Crippen LogP contribution is 2.08. The van der Waals surface area contributed by atoms with Gasteiger partial charge in [0, 0.05) is 18.3 Å². The lowest BCUT2D eigenvalue weighted by Gasteiger charge is -2.30. The maximum atomic E-state index is 12.1. The highest BCUT2D eigenvalue weighted by atomic mass is 35.5. The summed E-state index contributed by atoms with van der Waals surface area (Å²) in [6.45, 7) is 7.66. The summed E-state index contributed by atoms with van der Waals surface area (Å²) in [6.07, 6.45) is 1.47. The second-order valence-electron chi connectivity index (χ2n) is 4.57. The van der Waals surface area contributed by atoms with Crippen molar-refractivity contribution in [2.75, 3.05) is 18.1 Å². The van der Waals surface area contributed by atoms with Crippen LogP contribution < -0.4 is 5.73 Å². The van der Waals surface area contributed by atoms with Crippen molar-refractivity contribution in [3.63, 3.8) is 0 Å². The molecule has 1 amide bonds. The van der Waals surface area contributed by atoms with E-state index >= 15 is 0 Å². The van der Waals surface area contributed by atoms with E-state index < -0.39 is 15.9 Å². The average molecular weight is 315 g/mol. The van der Waals surface area contributed by atoms with E-state index in [1.807, 2.05) is 13.8 Å². The van der Waals surface area contributed by atoms with Crippen LogP contribution >= 0.6 is 12.4 Å². The fourth-order valence-corrected chi connectivity index (χ4v) is 3.06. The molecule has 19 heavy (non-hydrogen) atoms. The lowest BCUT2D eigenvalue weighted by Crippen LogP contribution is -2.49. The van der Waals surface area contributed by atoms with Crippen molar-refractivity contribution in [3.05, 3.63) is 0 Å². The van der Waals surface area contributed by atoms with Crippen LogP contribution in [0.5, 0.6) is 0 Å². The van der Waals surface area contributed by atoms with Gasteiger partial charge in [0.2, 0.25) is 5.91 Å². The molecule has 5 nitrogen and oxygen atoms in total. The van der Waals surface area contributed by atoms with Gasteiger partial charge in [-0.1, -0.05) is 20.3 Å². The van der Waals surface area contributed by atoms with Gasteiger partial charge in [0.05, 0.1) is 11.8 Å². The van der Waals surface area contributed by atoms with Crippen molar-refractivity contribution in [1.29, 1.82) is 0 Å². The third-order valence-electron chi connectivity index (χ3n) is 3.01. The number of nitrogens with zero attached hydrogens (tertiary/aromatic N) is 1. The Bertz CT molecular complexity index is 360. The molecule has 0 spiro atoms. The zero-order valence-corrected chi connectivity index (χ0v) is 13.9. The van der Waals surface area contributed by atoms with Crippen LogP contribution in [0.1, 0.15) is 40.5 Å². The molecule has 2 unspecified atom stereocenters. The van der Waals surface area contributed by atoms with Gasteiger partial charge in [-0.25, -0.2) is 8.42 Å². The number of amides is 1. The van der Waals surface area contributed by atoms with Crippen molar-refractivity contribution >= 4 is 28.2 Å². The van der Waals surface area contributed by atoms with E-state index in [2.05, 4.69) is 0 Å². The third-order valence-corrected chi connectivity index (χ3v) is 4.88. The number of hydrogen-bond acceptors (Lipinski definition) is 4. The molecule has 0 aliphatic heterocycles. The summed E-state index contributed by atoms with van der Waals surface area (Å²) in [4.78, 5) is 13.6. The summed E-state index contributed by atoms with van der Waals surface area (Å²) in [5.41, 5.74) is 5.80. The normalized spacial score (nSPS) is 14.4. The van der Waals surface area contributed by atoms with Crippen LogP contribution in [0, 0.1) is 0 Å². The maximum Gasteiger partial charge on any atom is 0.239 e. The first-order valence-electron chi connectivity index (χ1n) is 6.55. The van der Waals surface area contributed by atoms with Gasteiger partial charge in [-0.15, -0.1) is 12.4 Å². The number of hydrogen-bond donors (Lipinski definition) is 1. The Hall–Kier alpha value is -0.330. The molecule has 0 fully saturated rings. The molecule has 0 aliphatic carbocycles. The summed E-state index contributed by atoms with van der Waals surface area (Å²) in [5, 5.41) is 0. The van der Waals surface area contributed by atoms with Crippen LogP contribution in [0.4, 0.5) is 0 Å². The first-order valence-corrected chi connectivity index (χ1v) is 8.37. The van der Waals surface area contributed by atoms with Crippen LogP contribution in [0.15, 0.2) is 0 Å². The zero-order valence-electron chi connectivity index (χ0n) is 12.3. The molecule has 0 bridgehead atoms. The first-order chi connectivity index (χ1) is 8.29. The van der Waals surface area contributed by atoms with Gasteiger partial charge in [0.15, 0.2) is 9.84 Å². The Morgan fingerprint density at radius 2 is 1.79 bits per heavy atom. The lowest BCUT2D eigenvalue weighted by molar-refractivity contribution is -0.134. The van der Waals surface area contributed by atoms with Crippen LogP contribution in [-0.2, 0) is 14.6 Å². The summed E-state index contributed by atoms with van der Waals surface area (Å²) in [6, 6.07) is -0.850. The van der Waals surface area contributed by atoms with Crippen LogP contribution in [-0.4, -0.2) is 49.4 Å². The van der Waals surface area contributed by atoms with Crippen LogP contribution in [0.3, 0.4) is 0 Å². The summed E-state index contributed by atoms with van der Waals surface area (Å²) in [7, 11) is -3.08. The van der Waals surface area contributed by atoms with Crippen LogP contribution in [0.25, 0.3) is 0 Å². The van der Waals surface area contributed by atoms with E-state index in [4.69, 9.17) is 5.73 Å². The van der Waals surface area contributed by atoms with E-state index in [1.54, 1.807) is 18.7 Å². The van der Waals surface area contributed by atoms with E-state index in [-0.39, 0.29) is 35.9 Å². The zero-order chi connectivity index (χ0) is 14.3. The Morgan fingerprint density at radius 3 is 2.16 bits per heavy atom. The second kappa shape index (κ2) is 9.55. The number of carbonyl (C=O) groups excluding carboxylic acids is 1. The van der Waals surface area contributed by atoms with Gasteiger partial charge in [-0.05, 0) is 20.3 Å². The van der Waals surface area contributed by atoms with E-state index in [0.717, 1.165) is 6.42 Å². The van der Waals surface area contributed by atoms with Gasteiger partial charge < -0.3 is 10.6 Å². The smallest absolute Gasteiger partial charge is 0.239 e. The van der Waals surface area contributed by atoms with Gasteiger partial charge in [0.1, 0.15) is 0 Å². The molecule has 116 valence electrons. The average Bonchev–Trinajstić information content (AvgIpc) is 2.29. The molecular weight excluding hydrogens is 288 g/mol. The number of halogens is 1. The van der Waals surface area contributed by atoms with Gasteiger partial charge in [-0.3, -0.25) is 4.79 Å². The fraction of sp³-hybridized carbons (Fsp3) is 0.917. The number of likely N-dealkylation sites (N-methyl/N-ethyl adjacent to an activating group) is 1. The summed E-state index contributed by atoms with van der Waals surface area (Å²) in [5.74, 6) is -0.0513. The van der Waals surface area contributed by atoms with E-state index in [0.29, 0.717) is 13.0 Å².